The van der Waals surface area contributed by atoms with Gasteiger partial charge in [-0.2, -0.15) is 5.10 Å². The van der Waals surface area contributed by atoms with E-state index >= 15 is 0 Å². The number of ether oxygens (including phenoxy) is 1. The number of hydrogen-bond acceptors (Lipinski definition) is 4. The molecule has 0 radical (unpaired) electrons. The van der Waals surface area contributed by atoms with Gasteiger partial charge in [0.1, 0.15) is 5.75 Å². The molecule has 2 aromatic heterocycles. The van der Waals surface area contributed by atoms with Crippen LogP contribution in [0.5, 0.6) is 5.75 Å². The molecule has 4 heterocycles. The molecule has 0 N–H and O–H groups in total. The highest BCUT2D eigenvalue weighted by Gasteiger charge is 2.43. The van der Waals surface area contributed by atoms with Gasteiger partial charge in [0.25, 0.3) is 0 Å². The van der Waals surface area contributed by atoms with Crippen molar-refractivity contribution >= 4 is 11.6 Å². The van der Waals surface area contributed by atoms with Crippen molar-refractivity contribution in [3.63, 3.8) is 0 Å². The Balaban J connectivity index is 1.30. The van der Waals surface area contributed by atoms with E-state index in [-0.39, 0.29) is 18.0 Å². The second kappa shape index (κ2) is 7.42. The molecule has 6 nitrogen and oxygen atoms in total. The Morgan fingerprint density at radius 3 is 2.90 bits per heavy atom. The third kappa shape index (κ3) is 3.15. The topological polar surface area (TPSA) is 59.7 Å². The van der Waals surface area contributed by atoms with Gasteiger partial charge in [0.2, 0.25) is 5.91 Å². The maximum Gasteiger partial charge on any atom is 0.223 e. The van der Waals surface area contributed by atoms with Crippen LogP contribution < -0.4 is 4.74 Å². The fourth-order valence-electron chi connectivity index (χ4n) is 5.22. The zero-order valence-electron chi connectivity index (χ0n) is 17.9. The Kier molecular flexibility index (Phi) is 4.72. The molecule has 1 fully saturated rings. The number of nitrogens with zero attached hydrogens (tertiary/aromatic N) is 4. The molecule has 0 saturated carbocycles. The standard InChI is InChI=1S/C24H28N4O2/c1-15-11-19(30-3)9-7-17(15)5-4-6-24(29)27-18-8-10-21(27)20-14-25-23-12-16(2)26-28(23)22(20)13-18/h7,9,11-12,14,18,21H,4-6,8,10,13H2,1-3H3/t18-,21+/m1/s1. The maximum absolute atomic E-state index is 13.2. The van der Waals surface area contributed by atoms with Crippen LogP contribution in [0.4, 0.5) is 0 Å². The molecule has 6 heteroatoms. The van der Waals surface area contributed by atoms with E-state index in [2.05, 4.69) is 34.0 Å². The molecule has 2 aliphatic rings. The lowest BCUT2D eigenvalue weighted by Crippen LogP contribution is -2.42. The van der Waals surface area contributed by atoms with Gasteiger partial charge in [-0.3, -0.25) is 4.79 Å². The molecule has 0 aliphatic carbocycles. The van der Waals surface area contributed by atoms with Gasteiger partial charge < -0.3 is 9.64 Å². The normalized spacial score (nSPS) is 19.9. The van der Waals surface area contributed by atoms with Gasteiger partial charge in [-0.05, 0) is 62.8 Å². The quantitative estimate of drug-likeness (QED) is 0.646. The number of methoxy groups -OCH3 is 1. The monoisotopic (exact) mass is 404 g/mol. The van der Waals surface area contributed by atoms with Gasteiger partial charge in [-0.1, -0.05) is 6.07 Å². The number of carbonyl (C=O) groups excluding carboxylic acids is 1. The number of fused-ring (bicyclic) bond motifs is 6. The summed E-state index contributed by atoms with van der Waals surface area (Å²) in [7, 11) is 1.69. The molecule has 30 heavy (non-hydrogen) atoms. The van der Waals surface area contributed by atoms with Crippen LogP contribution in [0.25, 0.3) is 5.65 Å². The molecule has 5 rings (SSSR count). The highest BCUT2D eigenvalue weighted by atomic mass is 16.5. The van der Waals surface area contributed by atoms with Crippen LogP contribution in [0.15, 0.2) is 30.5 Å². The summed E-state index contributed by atoms with van der Waals surface area (Å²) < 4.78 is 7.28. The zero-order chi connectivity index (χ0) is 20.8. The molecular weight excluding hydrogens is 376 g/mol. The Morgan fingerprint density at radius 2 is 2.10 bits per heavy atom. The van der Waals surface area contributed by atoms with Crippen LogP contribution in [0.1, 0.15) is 59.8 Å². The summed E-state index contributed by atoms with van der Waals surface area (Å²) in [5, 5.41) is 4.64. The van der Waals surface area contributed by atoms with Gasteiger partial charge in [0.05, 0.1) is 24.5 Å². The zero-order valence-corrected chi connectivity index (χ0v) is 17.9. The number of carbonyl (C=O) groups is 1. The largest absolute Gasteiger partial charge is 0.497 e. The van der Waals surface area contributed by atoms with Crippen LogP contribution >= 0.6 is 0 Å². The fourth-order valence-corrected chi connectivity index (χ4v) is 5.22. The first-order valence-corrected chi connectivity index (χ1v) is 10.8. The lowest BCUT2D eigenvalue weighted by Gasteiger charge is -2.36. The summed E-state index contributed by atoms with van der Waals surface area (Å²) >= 11 is 0. The van der Waals surface area contributed by atoms with Gasteiger partial charge in [-0.15, -0.1) is 0 Å². The average molecular weight is 405 g/mol. The molecule has 156 valence electrons. The first kappa shape index (κ1) is 19.1. The van der Waals surface area contributed by atoms with Crippen LogP contribution in [0.3, 0.4) is 0 Å². The lowest BCUT2D eigenvalue weighted by atomic mass is 9.97. The Bertz CT molecular complexity index is 1120. The summed E-state index contributed by atoms with van der Waals surface area (Å²) in [6.07, 6.45) is 7.29. The second-order valence-electron chi connectivity index (χ2n) is 8.61. The van der Waals surface area contributed by atoms with Crippen LogP contribution in [-0.2, 0) is 17.6 Å². The predicted octanol–water partition coefficient (Wildman–Crippen LogP) is 3.97. The second-order valence-corrected chi connectivity index (χ2v) is 8.61. The third-order valence-electron chi connectivity index (χ3n) is 6.70. The molecule has 0 unspecified atom stereocenters. The van der Waals surface area contributed by atoms with Crippen molar-refractivity contribution in [2.24, 2.45) is 0 Å². The number of hydrogen-bond donors (Lipinski definition) is 0. The van der Waals surface area contributed by atoms with Gasteiger partial charge in [-0.25, -0.2) is 9.50 Å². The van der Waals surface area contributed by atoms with Crippen molar-refractivity contribution in [1.82, 2.24) is 19.5 Å². The molecule has 0 spiro atoms. The summed E-state index contributed by atoms with van der Waals surface area (Å²) in [6, 6.07) is 8.62. The molecule has 1 amide bonds. The highest BCUT2D eigenvalue weighted by molar-refractivity contribution is 5.78. The number of aryl methyl sites for hydroxylation is 3. The molecule has 1 saturated heterocycles. The molecule has 3 aromatic rings. The summed E-state index contributed by atoms with van der Waals surface area (Å²) in [6.45, 7) is 4.10. The third-order valence-corrected chi connectivity index (χ3v) is 6.70. The van der Waals surface area contributed by atoms with Crippen LogP contribution in [0, 0.1) is 13.8 Å². The Labute approximate surface area is 176 Å². The number of aromatic nitrogens is 3. The Hall–Kier alpha value is -2.89. The van der Waals surface area contributed by atoms with Crippen molar-refractivity contribution in [3.8, 4) is 5.75 Å². The summed E-state index contributed by atoms with van der Waals surface area (Å²) in [4.78, 5) is 19.9. The number of benzene rings is 1. The van der Waals surface area contributed by atoms with Crippen molar-refractivity contribution in [1.29, 1.82) is 0 Å². The molecule has 2 atom stereocenters. The van der Waals surface area contributed by atoms with Crippen molar-refractivity contribution in [2.75, 3.05) is 7.11 Å². The average Bonchev–Trinajstić information content (AvgIpc) is 3.27. The molecule has 2 bridgehead atoms. The minimum atomic E-state index is 0.148. The number of rotatable bonds is 5. The van der Waals surface area contributed by atoms with Crippen molar-refractivity contribution < 1.29 is 9.53 Å². The van der Waals surface area contributed by atoms with Gasteiger partial charge in [0, 0.05) is 36.7 Å². The van der Waals surface area contributed by atoms with E-state index in [0.717, 1.165) is 49.2 Å². The summed E-state index contributed by atoms with van der Waals surface area (Å²) in [5.41, 5.74) is 6.81. The summed E-state index contributed by atoms with van der Waals surface area (Å²) in [5.74, 6) is 1.15. The van der Waals surface area contributed by atoms with E-state index < -0.39 is 0 Å². The SMILES string of the molecule is COc1ccc(CCCC(=O)N2[C@@H]3CC[C@H]2c2cnc4cc(C)nn4c2C3)c(C)c1. The van der Waals surface area contributed by atoms with E-state index in [1.165, 1.54) is 22.4 Å². The van der Waals surface area contributed by atoms with E-state index in [0.29, 0.717) is 6.42 Å². The van der Waals surface area contributed by atoms with E-state index in [4.69, 9.17) is 4.74 Å². The minimum absolute atomic E-state index is 0.148. The maximum atomic E-state index is 13.2. The first-order valence-electron chi connectivity index (χ1n) is 10.8. The molecule has 1 aromatic carbocycles. The predicted molar refractivity (Wildman–Crippen MR) is 115 cm³/mol. The lowest BCUT2D eigenvalue weighted by molar-refractivity contribution is -0.134. The Morgan fingerprint density at radius 1 is 1.23 bits per heavy atom. The minimum Gasteiger partial charge on any atom is -0.497 e. The van der Waals surface area contributed by atoms with Crippen LogP contribution in [0.2, 0.25) is 0 Å². The number of amides is 1. The van der Waals surface area contributed by atoms with Gasteiger partial charge in [0.15, 0.2) is 5.65 Å². The smallest absolute Gasteiger partial charge is 0.223 e. The van der Waals surface area contributed by atoms with E-state index in [1.54, 1.807) is 7.11 Å². The van der Waals surface area contributed by atoms with Crippen molar-refractivity contribution in [3.05, 3.63) is 58.5 Å². The van der Waals surface area contributed by atoms with Crippen molar-refractivity contribution in [2.45, 2.75) is 64.5 Å². The van der Waals surface area contributed by atoms with Crippen LogP contribution in [-0.4, -0.2) is 38.6 Å². The highest BCUT2D eigenvalue weighted by Crippen LogP contribution is 2.43. The molecule has 2 aliphatic heterocycles. The molecular formula is C24H28N4O2. The fraction of sp³-hybridized carbons (Fsp3) is 0.458. The van der Waals surface area contributed by atoms with Gasteiger partial charge >= 0.3 is 0 Å². The first-order chi connectivity index (χ1) is 14.5. The van der Waals surface area contributed by atoms with E-state index in [9.17, 15) is 4.79 Å². The van der Waals surface area contributed by atoms with E-state index in [1.807, 2.05) is 29.8 Å².